The van der Waals surface area contributed by atoms with Crippen molar-refractivity contribution in [2.45, 2.75) is 52.7 Å². The van der Waals surface area contributed by atoms with Gasteiger partial charge in [0, 0.05) is 0 Å². The smallest absolute Gasteiger partial charge is 0.408 e. The van der Waals surface area contributed by atoms with E-state index in [0.717, 1.165) is 16.9 Å². The molecule has 38 heavy (non-hydrogen) atoms. The van der Waals surface area contributed by atoms with Crippen molar-refractivity contribution in [1.82, 2.24) is 5.32 Å². The summed E-state index contributed by atoms with van der Waals surface area (Å²) < 4.78 is 37.8. The molecular formula is C27H45NO10. The highest BCUT2D eigenvalue weighted by molar-refractivity contribution is 5.69. The normalized spacial score (nSPS) is 11.8. The number of aliphatic carboxylic acids is 1. The van der Waals surface area contributed by atoms with Gasteiger partial charge in [0.05, 0.1) is 65.0 Å². The number of benzene rings is 1. The van der Waals surface area contributed by atoms with Gasteiger partial charge in [0.25, 0.3) is 0 Å². The number of alkyl carbamates (subject to hydrolysis) is 1. The van der Waals surface area contributed by atoms with Crippen LogP contribution in [0.4, 0.5) is 4.79 Å². The van der Waals surface area contributed by atoms with Crippen LogP contribution in [0.15, 0.2) is 18.2 Å². The van der Waals surface area contributed by atoms with Gasteiger partial charge in [-0.3, -0.25) is 0 Å². The highest BCUT2D eigenvalue weighted by Gasteiger charge is 2.27. The van der Waals surface area contributed by atoms with Gasteiger partial charge in [-0.1, -0.05) is 12.1 Å². The van der Waals surface area contributed by atoms with E-state index >= 15 is 0 Å². The highest BCUT2D eigenvalue weighted by atomic mass is 16.6. The number of carbonyl (C=O) groups is 2. The van der Waals surface area contributed by atoms with E-state index in [1.807, 2.05) is 59.7 Å². The molecule has 1 rings (SSSR count). The standard InChI is InChI=1S/C27H45NO10/c1-21-7-8-22(27(5,6)28-25(31)38-26(2,3)4)19-23(21)37-18-17-35-14-13-33-10-9-32-11-12-34-15-16-36-20-24(29)30/h7-8,19H,9-18,20H2,1-6H3,(H,28,31)(H,29,30). The third kappa shape index (κ3) is 16.4. The molecular weight excluding hydrogens is 498 g/mol. The Hall–Kier alpha value is -2.44. The first-order valence-electron chi connectivity index (χ1n) is 12.8. The number of carboxylic acid groups (broad SMARTS) is 1. The average molecular weight is 544 g/mol. The monoisotopic (exact) mass is 543 g/mol. The molecule has 0 saturated carbocycles. The van der Waals surface area contributed by atoms with Gasteiger partial charge >= 0.3 is 12.1 Å². The van der Waals surface area contributed by atoms with Gasteiger partial charge < -0.3 is 43.6 Å². The first-order valence-corrected chi connectivity index (χ1v) is 12.8. The summed E-state index contributed by atoms with van der Waals surface area (Å²) in [7, 11) is 0. The second-order valence-corrected chi connectivity index (χ2v) is 9.98. The molecule has 1 amide bonds. The molecule has 0 spiro atoms. The van der Waals surface area contributed by atoms with Crippen LogP contribution in [0.1, 0.15) is 45.7 Å². The van der Waals surface area contributed by atoms with E-state index in [1.54, 1.807) is 0 Å². The average Bonchev–Trinajstić information content (AvgIpc) is 2.80. The Labute approximate surface area is 226 Å². The summed E-state index contributed by atoms with van der Waals surface area (Å²) in [5.74, 6) is -0.268. The zero-order valence-electron chi connectivity index (χ0n) is 23.6. The van der Waals surface area contributed by atoms with Gasteiger partial charge in [0.1, 0.15) is 24.6 Å². The van der Waals surface area contributed by atoms with Crippen LogP contribution in [0.2, 0.25) is 0 Å². The lowest BCUT2D eigenvalue weighted by Gasteiger charge is -2.29. The predicted octanol–water partition coefficient (Wildman–Crippen LogP) is 3.30. The van der Waals surface area contributed by atoms with Crippen LogP contribution in [0, 0.1) is 6.92 Å². The van der Waals surface area contributed by atoms with Crippen LogP contribution in [0.25, 0.3) is 0 Å². The van der Waals surface area contributed by atoms with Crippen LogP contribution in [0.5, 0.6) is 5.75 Å². The van der Waals surface area contributed by atoms with Crippen molar-refractivity contribution in [3.63, 3.8) is 0 Å². The first-order chi connectivity index (χ1) is 17.9. The van der Waals surface area contributed by atoms with Crippen molar-refractivity contribution in [3.05, 3.63) is 29.3 Å². The van der Waals surface area contributed by atoms with Crippen molar-refractivity contribution in [2.24, 2.45) is 0 Å². The minimum atomic E-state index is -1.00. The summed E-state index contributed by atoms with van der Waals surface area (Å²) in [6.45, 7) is 14.9. The van der Waals surface area contributed by atoms with Crippen molar-refractivity contribution in [2.75, 3.05) is 72.7 Å². The van der Waals surface area contributed by atoms with E-state index in [4.69, 9.17) is 38.3 Å². The first kappa shape index (κ1) is 33.6. The van der Waals surface area contributed by atoms with E-state index < -0.39 is 23.2 Å². The number of carbonyl (C=O) groups excluding carboxylic acids is 1. The number of ether oxygens (including phenoxy) is 7. The maximum absolute atomic E-state index is 12.2. The Kier molecular flexibility index (Phi) is 15.9. The van der Waals surface area contributed by atoms with Gasteiger partial charge in [-0.2, -0.15) is 0 Å². The fourth-order valence-corrected chi connectivity index (χ4v) is 3.02. The molecule has 0 aliphatic rings. The molecule has 0 aliphatic carbocycles. The highest BCUT2D eigenvalue weighted by Crippen LogP contribution is 2.27. The number of amides is 1. The van der Waals surface area contributed by atoms with Crippen LogP contribution in [-0.2, 0) is 38.8 Å². The summed E-state index contributed by atoms with van der Waals surface area (Å²) in [5, 5.41) is 11.3. The summed E-state index contributed by atoms with van der Waals surface area (Å²) in [6.07, 6.45) is -0.473. The molecule has 0 fully saturated rings. The summed E-state index contributed by atoms with van der Waals surface area (Å²) >= 11 is 0. The quantitative estimate of drug-likeness (QED) is 0.236. The molecule has 11 nitrogen and oxygen atoms in total. The maximum Gasteiger partial charge on any atom is 0.408 e. The minimum absolute atomic E-state index is 0.234. The van der Waals surface area contributed by atoms with Crippen molar-refractivity contribution in [3.8, 4) is 5.75 Å². The van der Waals surface area contributed by atoms with Crippen LogP contribution in [0.3, 0.4) is 0 Å². The third-order valence-electron chi connectivity index (χ3n) is 4.92. The lowest BCUT2D eigenvalue weighted by Crippen LogP contribution is -2.43. The molecule has 0 atom stereocenters. The third-order valence-corrected chi connectivity index (χ3v) is 4.92. The zero-order valence-corrected chi connectivity index (χ0v) is 23.6. The molecule has 0 saturated heterocycles. The van der Waals surface area contributed by atoms with E-state index in [0.29, 0.717) is 59.5 Å². The number of rotatable bonds is 20. The number of hydrogen-bond acceptors (Lipinski definition) is 9. The van der Waals surface area contributed by atoms with E-state index in [1.165, 1.54) is 0 Å². The summed E-state index contributed by atoms with van der Waals surface area (Å²) in [6, 6.07) is 5.85. The fourth-order valence-electron chi connectivity index (χ4n) is 3.02. The molecule has 0 aromatic heterocycles. The van der Waals surface area contributed by atoms with Gasteiger partial charge in [-0.05, 0) is 58.7 Å². The molecule has 2 N–H and O–H groups in total. The number of hydrogen-bond donors (Lipinski definition) is 2. The molecule has 0 heterocycles. The Bertz CT molecular complexity index is 823. The van der Waals surface area contributed by atoms with Gasteiger partial charge in [0.2, 0.25) is 0 Å². The fraction of sp³-hybridized carbons (Fsp3) is 0.704. The van der Waals surface area contributed by atoms with Crippen molar-refractivity contribution >= 4 is 12.1 Å². The van der Waals surface area contributed by atoms with Crippen molar-refractivity contribution in [1.29, 1.82) is 0 Å². The number of nitrogens with one attached hydrogen (secondary N) is 1. The molecule has 0 radical (unpaired) electrons. The Morgan fingerprint density at radius 2 is 1.24 bits per heavy atom. The SMILES string of the molecule is Cc1ccc(C(C)(C)NC(=O)OC(C)(C)C)cc1OCCOCCOCCOCCOCCOCC(=O)O. The summed E-state index contributed by atoms with van der Waals surface area (Å²) in [5.41, 5.74) is 0.676. The molecule has 218 valence electrons. The lowest BCUT2D eigenvalue weighted by atomic mass is 9.93. The summed E-state index contributed by atoms with van der Waals surface area (Å²) in [4.78, 5) is 22.5. The van der Waals surface area contributed by atoms with Crippen LogP contribution in [-0.4, -0.2) is 95.4 Å². The Morgan fingerprint density at radius 3 is 1.71 bits per heavy atom. The number of carboxylic acids is 1. The number of aryl methyl sites for hydroxylation is 1. The maximum atomic E-state index is 12.2. The largest absolute Gasteiger partial charge is 0.491 e. The molecule has 1 aromatic carbocycles. The van der Waals surface area contributed by atoms with Crippen LogP contribution < -0.4 is 10.1 Å². The second-order valence-electron chi connectivity index (χ2n) is 9.98. The second kappa shape index (κ2) is 18.0. The molecule has 0 aliphatic heterocycles. The molecule has 11 heteroatoms. The van der Waals surface area contributed by atoms with E-state index in [-0.39, 0.29) is 13.2 Å². The molecule has 0 bridgehead atoms. The molecule has 1 aromatic rings. The topological polar surface area (TPSA) is 131 Å². The van der Waals surface area contributed by atoms with Crippen LogP contribution >= 0.6 is 0 Å². The van der Waals surface area contributed by atoms with E-state index in [9.17, 15) is 9.59 Å². The Balaban J connectivity index is 2.14. The van der Waals surface area contributed by atoms with Gasteiger partial charge in [-0.15, -0.1) is 0 Å². The Morgan fingerprint density at radius 1 is 0.763 bits per heavy atom. The van der Waals surface area contributed by atoms with Gasteiger partial charge in [0.15, 0.2) is 0 Å². The zero-order chi connectivity index (χ0) is 28.4. The lowest BCUT2D eigenvalue weighted by molar-refractivity contribution is -0.142. The predicted molar refractivity (Wildman–Crippen MR) is 141 cm³/mol. The van der Waals surface area contributed by atoms with Gasteiger partial charge in [-0.25, -0.2) is 9.59 Å². The minimum Gasteiger partial charge on any atom is -0.491 e. The molecule has 0 unspecified atom stereocenters. The van der Waals surface area contributed by atoms with E-state index in [2.05, 4.69) is 5.32 Å². The van der Waals surface area contributed by atoms with Crippen molar-refractivity contribution < 1.29 is 47.9 Å².